The van der Waals surface area contributed by atoms with Crippen molar-refractivity contribution in [3.05, 3.63) is 48.4 Å². The van der Waals surface area contributed by atoms with E-state index in [-0.39, 0.29) is 12.4 Å². The van der Waals surface area contributed by atoms with Crippen LogP contribution in [0.1, 0.15) is 0 Å². The van der Waals surface area contributed by atoms with E-state index in [1.165, 1.54) is 0 Å². The summed E-state index contributed by atoms with van der Waals surface area (Å²) < 4.78 is 0. The van der Waals surface area contributed by atoms with Crippen LogP contribution >= 0.6 is 12.4 Å². The molecule has 0 aromatic heterocycles. The highest BCUT2D eigenvalue weighted by molar-refractivity contribution is 5.85. The van der Waals surface area contributed by atoms with Gasteiger partial charge in [-0.1, -0.05) is 18.2 Å². The van der Waals surface area contributed by atoms with Crippen molar-refractivity contribution in [3.8, 4) is 0 Å². The summed E-state index contributed by atoms with van der Waals surface area (Å²) in [6, 6.07) is -0.568. The van der Waals surface area contributed by atoms with Crippen LogP contribution in [0, 0.1) is 0 Å². The molecule has 1 N–H and O–H groups in total. The molecule has 74 valence electrons. The zero-order valence-corrected chi connectivity index (χ0v) is 8.15. The van der Waals surface area contributed by atoms with Crippen molar-refractivity contribution >= 4 is 18.4 Å². The number of rotatable bonds is 1. The van der Waals surface area contributed by atoms with Crippen molar-refractivity contribution in [1.82, 2.24) is 4.90 Å². The highest BCUT2D eigenvalue weighted by Gasteiger charge is 2.24. The molecular formula is C10H10ClNO2. The molecule has 1 atom stereocenters. The van der Waals surface area contributed by atoms with Crippen LogP contribution in [-0.2, 0) is 4.79 Å². The smallest absolute Gasteiger partial charge is 0.330 e. The number of nitrogens with zero attached hydrogens (tertiary/aromatic N) is 1. The van der Waals surface area contributed by atoms with Gasteiger partial charge >= 0.3 is 5.97 Å². The first-order valence-electron chi connectivity index (χ1n) is 4.03. The number of hydrogen-bond acceptors (Lipinski definition) is 2. The van der Waals surface area contributed by atoms with Crippen molar-refractivity contribution in [2.45, 2.75) is 6.04 Å². The lowest BCUT2D eigenvalue weighted by Crippen LogP contribution is -2.36. The molecule has 0 saturated heterocycles. The monoisotopic (exact) mass is 211 g/mol. The lowest BCUT2D eigenvalue weighted by Gasteiger charge is -2.29. The lowest BCUT2D eigenvalue weighted by molar-refractivity contribution is -0.140. The van der Waals surface area contributed by atoms with E-state index in [2.05, 4.69) is 0 Å². The predicted molar refractivity (Wildman–Crippen MR) is 56.0 cm³/mol. The van der Waals surface area contributed by atoms with E-state index in [1.807, 2.05) is 24.3 Å². The van der Waals surface area contributed by atoms with Gasteiger partial charge in [-0.2, -0.15) is 0 Å². The van der Waals surface area contributed by atoms with Crippen molar-refractivity contribution in [3.63, 3.8) is 0 Å². The Morgan fingerprint density at radius 3 is 2.86 bits per heavy atom. The van der Waals surface area contributed by atoms with Crippen LogP contribution in [-0.4, -0.2) is 22.0 Å². The van der Waals surface area contributed by atoms with E-state index in [9.17, 15) is 4.79 Å². The third kappa shape index (κ3) is 1.72. The van der Waals surface area contributed by atoms with Gasteiger partial charge in [0.25, 0.3) is 0 Å². The van der Waals surface area contributed by atoms with Gasteiger partial charge in [-0.15, -0.1) is 12.4 Å². The van der Waals surface area contributed by atoms with E-state index >= 15 is 0 Å². The molecule has 0 fully saturated rings. The number of carbonyl (C=O) groups is 1. The first-order valence-corrected chi connectivity index (χ1v) is 4.03. The van der Waals surface area contributed by atoms with Gasteiger partial charge in [-0.05, 0) is 18.2 Å². The topological polar surface area (TPSA) is 40.5 Å². The molecule has 2 heterocycles. The molecule has 4 heteroatoms. The summed E-state index contributed by atoms with van der Waals surface area (Å²) in [5.41, 5.74) is 0.914. The van der Waals surface area contributed by atoms with Crippen LogP contribution in [0.5, 0.6) is 0 Å². The fourth-order valence-electron chi connectivity index (χ4n) is 1.42. The van der Waals surface area contributed by atoms with E-state index in [4.69, 9.17) is 5.11 Å². The quantitative estimate of drug-likeness (QED) is 0.718. The number of carboxylic acid groups (broad SMARTS) is 1. The summed E-state index contributed by atoms with van der Waals surface area (Å²) in [6.07, 6.45) is 12.7. The molecule has 0 amide bonds. The number of hydrogen-bond donors (Lipinski definition) is 1. The van der Waals surface area contributed by atoms with Crippen LogP contribution in [0.4, 0.5) is 0 Å². The van der Waals surface area contributed by atoms with Crippen molar-refractivity contribution < 1.29 is 9.90 Å². The van der Waals surface area contributed by atoms with Gasteiger partial charge in [0, 0.05) is 11.9 Å². The minimum Gasteiger partial charge on any atom is -0.479 e. The maximum atomic E-state index is 10.8. The highest BCUT2D eigenvalue weighted by Crippen LogP contribution is 2.20. The van der Waals surface area contributed by atoms with E-state index in [0.29, 0.717) is 0 Å². The van der Waals surface area contributed by atoms with Gasteiger partial charge in [0.15, 0.2) is 0 Å². The predicted octanol–water partition coefficient (Wildman–Crippen LogP) is 1.70. The summed E-state index contributed by atoms with van der Waals surface area (Å²) in [6.45, 7) is 0. The molecule has 3 nitrogen and oxygen atoms in total. The normalized spacial score (nSPS) is 22.4. The van der Waals surface area contributed by atoms with Gasteiger partial charge < -0.3 is 10.0 Å². The van der Waals surface area contributed by atoms with E-state index < -0.39 is 12.0 Å². The standard InChI is InChI=1S/C10H9NO2.ClH/c12-10(13)9-6-3-5-8-4-1-2-7-11(8)9;/h1-7,9H,(H,12,13);1H. The third-order valence-corrected chi connectivity index (χ3v) is 2.04. The van der Waals surface area contributed by atoms with E-state index in [1.54, 1.807) is 23.3 Å². The summed E-state index contributed by atoms with van der Waals surface area (Å²) >= 11 is 0. The third-order valence-electron chi connectivity index (χ3n) is 2.04. The zero-order valence-electron chi connectivity index (χ0n) is 7.33. The Morgan fingerprint density at radius 1 is 1.36 bits per heavy atom. The Bertz CT molecular complexity index is 355. The Labute approximate surface area is 88.1 Å². The second-order valence-corrected chi connectivity index (χ2v) is 2.87. The van der Waals surface area contributed by atoms with Crippen LogP contribution in [0.3, 0.4) is 0 Å². The Morgan fingerprint density at radius 2 is 2.14 bits per heavy atom. The highest BCUT2D eigenvalue weighted by atomic mass is 35.5. The van der Waals surface area contributed by atoms with E-state index in [0.717, 1.165) is 5.70 Å². The maximum absolute atomic E-state index is 10.8. The Kier molecular flexibility index (Phi) is 3.14. The number of fused-ring (bicyclic) bond motifs is 1. The number of aliphatic carboxylic acids is 1. The molecule has 1 unspecified atom stereocenters. The summed E-state index contributed by atoms with van der Waals surface area (Å²) in [5.74, 6) is -0.832. The molecular weight excluding hydrogens is 202 g/mol. The second-order valence-electron chi connectivity index (χ2n) is 2.87. The molecule has 2 aliphatic heterocycles. The van der Waals surface area contributed by atoms with Gasteiger partial charge in [0.2, 0.25) is 0 Å². The largest absolute Gasteiger partial charge is 0.479 e. The average molecular weight is 212 g/mol. The van der Waals surface area contributed by atoms with Crippen molar-refractivity contribution in [2.75, 3.05) is 0 Å². The fraction of sp³-hybridized carbons (Fsp3) is 0.100. The first kappa shape index (κ1) is 10.6. The molecule has 0 radical (unpaired) electrons. The maximum Gasteiger partial charge on any atom is 0.330 e. The molecule has 0 spiro atoms. The van der Waals surface area contributed by atoms with Gasteiger partial charge in [-0.3, -0.25) is 0 Å². The molecule has 2 rings (SSSR count). The van der Waals surface area contributed by atoms with Crippen LogP contribution in [0.15, 0.2) is 48.4 Å². The SMILES string of the molecule is Cl.O=C(O)C1C=CC=C2C=CC=CN21. The second kappa shape index (κ2) is 4.15. The number of allylic oxidation sites excluding steroid dienone is 5. The zero-order chi connectivity index (χ0) is 9.26. The fourth-order valence-corrected chi connectivity index (χ4v) is 1.42. The minimum atomic E-state index is -0.832. The van der Waals surface area contributed by atoms with Crippen LogP contribution in [0.2, 0.25) is 0 Å². The number of carboxylic acids is 1. The lowest BCUT2D eigenvalue weighted by atomic mass is 10.1. The van der Waals surface area contributed by atoms with Crippen LogP contribution in [0.25, 0.3) is 0 Å². The summed E-state index contributed by atoms with van der Waals surface area (Å²) in [5, 5.41) is 8.90. The van der Waals surface area contributed by atoms with Gasteiger partial charge in [0.05, 0.1) is 0 Å². The van der Waals surface area contributed by atoms with Crippen LogP contribution < -0.4 is 0 Å². The molecule has 0 aromatic carbocycles. The van der Waals surface area contributed by atoms with Gasteiger partial charge in [-0.25, -0.2) is 4.79 Å². The molecule has 0 saturated carbocycles. The molecule has 14 heavy (non-hydrogen) atoms. The Balaban J connectivity index is 0.000000980. The molecule has 2 aliphatic rings. The molecule has 0 aromatic rings. The molecule has 0 aliphatic carbocycles. The average Bonchev–Trinajstić information content (AvgIpc) is 2.17. The summed E-state index contributed by atoms with van der Waals surface area (Å²) in [4.78, 5) is 12.6. The summed E-state index contributed by atoms with van der Waals surface area (Å²) in [7, 11) is 0. The first-order chi connectivity index (χ1) is 6.29. The molecule has 0 bridgehead atoms. The van der Waals surface area contributed by atoms with Crippen molar-refractivity contribution in [1.29, 1.82) is 0 Å². The number of halogens is 1. The minimum absolute atomic E-state index is 0. The van der Waals surface area contributed by atoms with Gasteiger partial charge in [0.1, 0.15) is 6.04 Å². The Hall–Kier alpha value is -1.48. The van der Waals surface area contributed by atoms with Crippen molar-refractivity contribution in [2.24, 2.45) is 0 Å².